The van der Waals surface area contributed by atoms with Crippen molar-refractivity contribution in [3.8, 4) is 22.6 Å². The van der Waals surface area contributed by atoms with E-state index in [4.69, 9.17) is 9.47 Å². The van der Waals surface area contributed by atoms with Gasteiger partial charge in [0.15, 0.2) is 11.5 Å². The van der Waals surface area contributed by atoms with E-state index in [0.717, 1.165) is 16.8 Å². The van der Waals surface area contributed by atoms with Crippen molar-refractivity contribution in [2.75, 3.05) is 31.0 Å². The third-order valence-corrected chi connectivity index (χ3v) is 5.44. The Hall–Kier alpha value is -3.80. The monoisotopic (exact) mass is 416 g/mol. The second kappa shape index (κ2) is 8.92. The largest absolute Gasteiger partial charge is 0.493 e. The fourth-order valence-electron chi connectivity index (χ4n) is 3.82. The third kappa shape index (κ3) is 4.23. The molecule has 0 aromatic heterocycles. The standard InChI is InChI=1S/C25H24N2O4/c1-30-22-13-12-19(15-23(22)31-2)27-16-18(14-24(27)28)25(29)26-21-11-7-6-10-20(21)17-8-4-3-5-9-17/h3-13,15,18H,14,16H2,1-2H3,(H,26,29). The summed E-state index contributed by atoms with van der Waals surface area (Å²) < 4.78 is 10.6. The highest BCUT2D eigenvalue weighted by molar-refractivity contribution is 6.04. The van der Waals surface area contributed by atoms with Crippen molar-refractivity contribution >= 4 is 23.2 Å². The summed E-state index contributed by atoms with van der Waals surface area (Å²) in [6.07, 6.45) is 0.160. The molecular formula is C25H24N2O4. The highest BCUT2D eigenvalue weighted by Crippen LogP contribution is 2.35. The SMILES string of the molecule is COc1ccc(N2CC(C(=O)Nc3ccccc3-c3ccccc3)CC2=O)cc1OC. The Balaban J connectivity index is 1.51. The number of benzene rings is 3. The minimum absolute atomic E-state index is 0.0938. The van der Waals surface area contributed by atoms with Crippen LogP contribution >= 0.6 is 0 Å². The zero-order valence-corrected chi connectivity index (χ0v) is 17.5. The molecule has 0 saturated carbocycles. The van der Waals surface area contributed by atoms with Crippen LogP contribution in [0, 0.1) is 5.92 Å². The van der Waals surface area contributed by atoms with Gasteiger partial charge in [-0.3, -0.25) is 9.59 Å². The van der Waals surface area contributed by atoms with E-state index in [1.165, 1.54) is 0 Å². The van der Waals surface area contributed by atoms with Gasteiger partial charge in [0.2, 0.25) is 11.8 Å². The van der Waals surface area contributed by atoms with E-state index in [0.29, 0.717) is 23.7 Å². The van der Waals surface area contributed by atoms with Gasteiger partial charge in [0.25, 0.3) is 0 Å². The van der Waals surface area contributed by atoms with Crippen LogP contribution in [0.1, 0.15) is 6.42 Å². The molecule has 0 radical (unpaired) electrons. The van der Waals surface area contributed by atoms with Gasteiger partial charge in [-0.2, -0.15) is 0 Å². The molecule has 1 unspecified atom stereocenters. The van der Waals surface area contributed by atoms with Gasteiger partial charge >= 0.3 is 0 Å². The van der Waals surface area contributed by atoms with Crippen molar-refractivity contribution < 1.29 is 19.1 Å². The third-order valence-electron chi connectivity index (χ3n) is 5.44. The summed E-state index contributed by atoms with van der Waals surface area (Å²) in [7, 11) is 3.11. The number of para-hydroxylation sites is 1. The molecule has 3 aromatic carbocycles. The van der Waals surface area contributed by atoms with E-state index >= 15 is 0 Å². The van der Waals surface area contributed by atoms with Crippen LogP contribution in [0.25, 0.3) is 11.1 Å². The molecule has 1 saturated heterocycles. The van der Waals surface area contributed by atoms with Gasteiger partial charge in [-0.15, -0.1) is 0 Å². The number of rotatable bonds is 6. The molecule has 0 spiro atoms. The molecule has 0 bridgehead atoms. The molecule has 1 N–H and O–H groups in total. The topological polar surface area (TPSA) is 67.9 Å². The first-order valence-corrected chi connectivity index (χ1v) is 10.1. The number of hydrogen-bond acceptors (Lipinski definition) is 4. The number of hydrogen-bond donors (Lipinski definition) is 1. The molecule has 1 aliphatic rings. The molecular weight excluding hydrogens is 392 g/mol. The van der Waals surface area contributed by atoms with Gasteiger partial charge in [-0.05, 0) is 23.8 Å². The van der Waals surface area contributed by atoms with Crippen LogP contribution < -0.4 is 19.7 Å². The zero-order chi connectivity index (χ0) is 21.8. The average Bonchev–Trinajstić information content (AvgIpc) is 3.21. The van der Waals surface area contributed by atoms with Gasteiger partial charge in [0.1, 0.15) is 0 Å². The maximum Gasteiger partial charge on any atom is 0.229 e. The lowest BCUT2D eigenvalue weighted by atomic mass is 10.0. The molecule has 3 aromatic rings. The number of nitrogens with zero attached hydrogens (tertiary/aromatic N) is 1. The van der Waals surface area contributed by atoms with E-state index in [2.05, 4.69) is 5.32 Å². The first-order chi connectivity index (χ1) is 15.1. The summed E-state index contributed by atoms with van der Waals surface area (Å²) in [4.78, 5) is 27.3. The van der Waals surface area contributed by atoms with Gasteiger partial charge in [0, 0.05) is 36.0 Å². The molecule has 1 heterocycles. The number of carbonyl (C=O) groups excluding carboxylic acids is 2. The van der Waals surface area contributed by atoms with Crippen molar-refractivity contribution in [3.05, 3.63) is 72.8 Å². The Morgan fingerprint density at radius 1 is 0.935 bits per heavy atom. The number of carbonyl (C=O) groups is 2. The van der Waals surface area contributed by atoms with Crippen molar-refractivity contribution in [2.45, 2.75) is 6.42 Å². The van der Waals surface area contributed by atoms with Gasteiger partial charge in [-0.25, -0.2) is 0 Å². The Morgan fingerprint density at radius 2 is 1.65 bits per heavy atom. The number of ether oxygens (including phenoxy) is 2. The van der Waals surface area contributed by atoms with Crippen molar-refractivity contribution in [1.82, 2.24) is 0 Å². The Labute approximate surface area is 181 Å². The smallest absolute Gasteiger partial charge is 0.229 e. The maximum absolute atomic E-state index is 13.0. The Morgan fingerprint density at radius 3 is 2.39 bits per heavy atom. The Bertz CT molecular complexity index is 1100. The predicted molar refractivity (Wildman–Crippen MR) is 121 cm³/mol. The summed E-state index contributed by atoms with van der Waals surface area (Å²) in [5.74, 6) is 0.426. The first-order valence-electron chi connectivity index (χ1n) is 10.1. The van der Waals surface area contributed by atoms with E-state index in [9.17, 15) is 9.59 Å². The molecule has 158 valence electrons. The molecule has 1 fully saturated rings. The van der Waals surface area contributed by atoms with Gasteiger partial charge in [-0.1, -0.05) is 48.5 Å². The van der Waals surface area contributed by atoms with Crippen LogP contribution in [0.5, 0.6) is 11.5 Å². The summed E-state index contributed by atoms with van der Waals surface area (Å²) in [5.41, 5.74) is 3.38. The maximum atomic E-state index is 13.0. The van der Waals surface area contributed by atoms with E-state index in [1.807, 2.05) is 54.6 Å². The minimum Gasteiger partial charge on any atom is -0.493 e. The second-order valence-corrected chi connectivity index (χ2v) is 7.35. The van der Waals surface area contributed by atoms with E-state index in [1.54, 1.807) is 37.3 Å². The van der Waals surface area contributed by atoms with Gasteiger partial charge < -0.3 is 19.7 Å². The normalized spacial score (nSPS) is 15.6. The summed E-state index contributed by atoms with van der Waals surface area (Å²) in [5, 5.41) is 3.02. The molecule has 31 heavy (non-hydrogen) atoms. The van der Waals surface area contributed by atoms with Crippen LogP contribution in [-0.4, -0.2) is 32.6 Å². The predicted octanol–water partition coefficient (Wildman–Crippen LogP) is 4.36. The van der Waals surface area contributed by atoms with Crippen LogP contribution in [0.3, 0.4) is 0 Å². The molecule has 6 heteroatoms. The van der Waals surface area contributed by atoms with Crippen molar-refractivity contribution in [1.29, 1.82) is 0 Å². The lowest BCUT2D eigenvalue weighted by molar-refractivity contribution is -0.122. The number of nitrogens with one attached hydrogen (secondary N) is 1. The lowest BCUT2D eigenvalue weighted by Crippen LogP contribution is -2.28. The number of anilines is 2. The van der Waals surface area contributed by atoms with Crippen LogP contribution in [0.2, 0.25) is 0 Å². The van der Waals surface area contributed by atoms with Crippen molar-refractivity contribution in [2.24, 2.45) is 5.92 Å². The Kier molecular flexibility index (Phi) is 5.89. The van der Waals surface area contributed by atoms with Crippen molar-refractivity contribution in [3.63, 3.8) is 0 Å². The summed E-state index contributed by atoms with van der Waals surface area (Å²) in [6.45, 7) is 0.313. The number of methoxy groups -OCH3 is 2. The van der Waals surface area contributed by atoms with Crippen LogP contribution in [0.4, 0.5) is 11.4 Å². The second-order valence-electron chi connectivity index (χ2n) is 7.35. The quantitative estimate of drug-likeness (QED) is 0.648. The molecule has 2 amide bonds. The van der Waals surface area contributed by atoms with Crippen LogP contribution in [-0.2, 0) is 9.59 Å². The first kappa shape index (κ1) is 20.5. The summed E-state index contributed by atoms with van der Waals surface area (Å²) >= 11 is 0. The molecule has 1 atom stereocenters. The molecule has 1 aliphatic heterocycles. The fraction of sp³-hybridized carbons (Fsp3) is 0.200. The fourth-order valence-corrected chi connectivity index (χ4v) is 3.82. The van der Waals surface area contributed by atoms with Crippen LogP contribution in [0.15, 0.2) is 72.8 Å². The lowest BCUT2D eigenvalue weighted by Gasteiger charge is -2.19. The van der Waals surface area contributed by atoms with E-state index in [-0.39, 0.29) is 18.2 Å². The highest BCUT2D eigenvalue weighted by Gasteiger charge is 2.35. The van der Waals surface area contributed by atoms with E-state index < -0.39 is 5.92 Å². The highest BCUT2D eigenvalue weighted by atomic mass is 16.5. The zero-order valence-electron chi connectivity index (χ0n) is 17.5. The molecule has 6 nitrogen and oxygen atoms in total. The number of amides is 2. The van der Waals surface area contributed by atoms with Gasteiger partial charge in [0.05, 0.1) is 20.1 Å². The molecule has 0 aliphatic carbocycles. The molecule has 4 rings (SSSR count). The minimum atomic E-state index is -0.440. The summed E-state index contributed by atoms with van der Waals surface area (Å²) in [6, 6.07) is 22.9. The average molecular weight is 416 g/mol.